The first-order chi connectivity index (χ1) is 13.4. The molecule has 29 heavy (non-hydrogen) atoms. The number of nitrogens with zero attached hydrogens (tertiary/aromatic N) is 3. The van der Waals surface area contributed by atoms with Gasteiger partial charge < -0.3 is 20.9 Å². The Morgan fingerprint density at radius 1 is 1.21 bits per heavy atom. The van der Waals surface area contributed by atoms with Crippen LogP contribution in [0.3, 0.4) is 0 Å². The Balaban J connectivity index is 0.00000420. The number of aliphatic imine (C=N–C) groups is 1. The summed E-state index contributed by atoms with van der Waals surface area (Å²) in [6, 6.07) is 5.50. The molecule has 2 amide bonds. The molecule has 0 aromatic carbocycles. The van der Waals surface area contributed by atoms with Gasteiger partial charge >= 0.3 is 0 Å². The van der Waals surface area contributed by atoms with Crippen molar-refractivity contribution in [3.63, 3.8) is 0 Å². The van der Waals surface area contributed by atoms with Crippen molar-refractivity contribution in [1.82, 2.24) is 20.5 Å². The number of pyridine rings is 1. The van der Waals surface area contributed by atoms with Crippen molar-refractivity contribution >= 4 is 47.6 Å². The Morgan fingerprint density at radius 3 is 2.48 bits per heavy atom. The zero-order chi connectivity index (χ0) is 20.6. The molecule has 8 nitrogen and oxygen atoms in total. The molecule has 1 aromatic rings. The Morgan fingerprint density at radius 2 is 1.90 bits per heavy atom. The lowest BCUT2D eigenvalue weighted by molar-refractivity contribution is -0.138. The molecule has 0 saturated heterocycles. The van der Waals surface area contributed by atoms with Crippen molar-refractivity contribution in [1.29, 1.82) is 0 Å². The third-order valence-corrected chi connectivity index (χ3v) is 5.04. The van der Waals surface area contributed by atoms with Crippen LogP contribution in [-0.2, 0) is 9.59 Å². The molecule has 0 unspecified atom stereocenters. The largest absolute Gasteiger partial charge is 0.356 e. The lowest BCUT2D eigenvalue weighted by Crippen LogP contribution is -2.49. The number of halogens is 1. The molecule has 162 valence electrons. The normalized spacial score (nSPS) is 15.2. The minimum absolute atomic E-state index is 0. The van der Waals surface area contributed by atoms with E-state index in [9.17, 15) is 9.59 Å². The molecule has 1 aromatic heterocycles. The van der Waals surface area contributed by atoms with Crippen LogP contribution in [0.1, 0.15) is 37.8 Å². The number of hydrogen-bond donors (Lipinski definition) is 3. The minimum atomic E-state index is -0.366. The second-order valence-corrected chi connectivity index (χ2v) is 7.50. The fourth-order valence-electron chi connectivity index (χ4n) is 3.58. The van der Waals surface area contributed by atoms with Gasteiger partial charge in [-0.05, 0) is 31.9 Å². The van der Waals surface area contributed by atoms with Gasteiger partial charge in [0.15, 0.2) is 5.96 Å². The fourth-order valence-corrected chi connectivity index (χ4v) is 3.58. The monoisotopic (exact) mass is 516 g/mol. The summed E-state index contributed by atoms with van der Waals surface area (Å²) in [4.78, 5) is 34.8. The van der Waals surface area contributed by atoms with Gasteiger partial charge in [-0.3, -0.25) is 14.6 Å². The van der Waals surface area contributed by atoms with Crippen molar-refractivity contribution in [3.8, 4) is 0 Å². The molecule has 0 bridgehead atoms. The summed E-state index contributed by atoms with van der Waals surface area (Å²) in [5.41, 5.74) is 0.489. The maximum absolute atomic E-state index is 12.6. The van der Waals surface area contributed by atoms with Crippen molar-refractivity contribution < 1.29 is 9.59 Å². The molecule has 0 radical (unpaired) electrons. The van der Waals surface area contributed by atoms with Crippen LogP contribution in [0.25, 0.3) is 0 Å². The van der Waals surface area contributed by atoms with Crippen molar-refractivity contribution in [2.75, 3.05) is 39.5 Å². The zero-order valence-corrected chi connectivity index (χ0v) is 20.1. The lowest BCUT2D eigenvalue weighted by atomic mass is 9.84. The van der Waals surface area contributed by atoms with Gasteiger partial charge in [0.2, 0.25) is 11.8 Å². The van der Waals surface area contributed by atoms with Gasteiger partial charge in [-0.15, -0.1) is 24.0 Å². The topological polar surface area (TPSA) is 98.7 Å². The Bertz CT molecular complexity index is 717. The van der Waals surface area contributed by atoms with Crippen molar-refractivity contribution in [2.24, 2.45) is 10.4 Å². The van der Waals surface area contributed by atoms with E-state index in [1.807, 2.05) is 19.1 Å². The molecule has 0 aliphatic heterocycles. The van der Waals surface area contributed by atoms with E-state index in [-0.39, 0.29) is 47.6 Å². The molecule has 0 atom stereocenters. The highest BCUT2D eigenvalue weighted by molar-refractivity contribution is 14.0. The number of rotatable bonds is 7. The maximum Gasteiger partial charge on any atom is 0.230 e. The van der Waals surface area contributed by atoms with Crippen LogP contribution in [0, 0.1) is 12.3 Å². The molecule has 9 heteroatoms. The van der Waals surface area contributed by atoms with Gasteiger partial charge in [-0.1, -0.05) is 18.9 Å². The number of hydrogen-bond acceptors (Lipinski definition) is 4. The highest BCUT2D eigenvalue weighted by Gasteiger charge is 2.42. The van der Waals surface area contributed by atoms with Crippen LogP contribution in [0.2, 0.25) is 0 Å². The highest BCUT2D eigenvalue weighted by atomic mass is 127. The maximum atomic E-state index is 12.6. The molecule has 1 heterocycles. The second kappa shape index (κ2) is 11.9. The predicted octanol–water partition coefficient (Wildman–Crippen LogP) is 2.15. The van der Waals surface area contributed by atoms with Gasteiger partial charge in [-0.25, -0.2) is 4.98 Å². The average molecular weight is 516 g/mol. The van der Waals surface area contributed by atoms with Crippen LogP contribution >= 0.6 is 24.0 Å². The number of anilines is 1. The molecular weight excluding hydrogens is 483 g/mol. The smallest absolute Gasteiger partial charge is 0.230 e. The van der Waals surface area contributed by atoms with Crippen LogP contribution in [0.4, 0.5) is 5.82 Å². The molecule has 2 rings (SSSR count). The Kier molecular flexibility index (Phi) is 10.3. The Labute approximate surface area is 190 Å². The van der Waals surface area contributed by atoms with Gasteiger partial charge in [0.05, 0.1) is 5.41 Å². The van der Waals surface area contributed by atoms with Crippen LogP contribution in [0.5, 0.6) is 0 Å². The summed E-state index contributed by atoms with van der Waals surface area (Å²) in [5, 5.41) is 9.19. The first-order valence-electron chi connectivity index (χ1n) is 9.76. The van der Waals surface area contributed by atoms with E-state index in [2.05, 4.69) is 25.9 Å². The predicted molar refractivity (Wildman–Crippen MR) is 127 cm³/mol. The summed E-state index contributed by atoms with van der Waals surface area (Å²) in [5.74, 6) is 1.20. The number of aryl methyl sites for hydroxylation is 1. The zero-order valence-electron chi connectivity index (χ0n) is 17.7. The van der Waals surface area contributed by atoms with Gasteiger partial charge in [0, 0.05) is 46.3 Å². The van der Waals surface area contributed by atoms with E-state index in [4.69, 9.17) is 0 Å². The highest BCUT2D eigenvalue weighted by Crippen LogP contribution is 2.38. The quantitative estimate of drug-likeness (QED) is 0.293. The Hall–Kier alpha value is -1.91. The molecule has 1 saturated carbocycles. The fraction of sp³-hybridized carbons (Fsp3) is 0.600. The summed E-state index contributed by atoms with van der Waals surface area (Å²) in [6.45, 7) is 2.86. The summed E-state index contributed by atoms with van der Waals surface area (Å²) >= 11 is 0. The van der Waals surface area contributed by atoms with Gasteiger partial charge in [0.25, 0.3) is 0 Å². The van der Waals surface area contributed by atoms with E-state index >= 15 is 0 Å². The molecule has 3 N–H and O–H groups in total. The van der Waals surface area contributed by atoms with E-state index in [0.717, 1.165) is 31.4 Å². The number of guanidine groups is 1. The summed E-state index contributed by atoms with van der Waals surface area (Å²) < 4.78 is 0. The third-order valence-electron chi connectivity index (χ3n) is 5.04. The second-order valence-electron chi connectivity index (χ2n) is 7.50. The third kappa shape index (κ3) is 7.45. The van der Waals surface area contributed by atoms with Crippen LogP contribution in [0.15, 0.2) is 23.2 Å². The van der Waals surface area contributed by atoms with Crippen LogP contribution < -0.4 is 16.0 Å². The number of carbonyl (C=O) groups is 2. The first kappa shape index (κ1) is 25.1. The molecule has 1 aliphatic carbocycles. The van der Waals surface area contributed by atoms with E-state index in [0.29, 0.717) is 24.9 Å². The first-order valence-corrected chi connectivity index (χ1v) is 9.76. The van der Waals surface area contributed by atoms with Gasteiger partial charge in [-0.2, -0.15) is 0 Å². The number of amides is 2. The SMILES string of the molecule is CN=C(NCCC(=O)Nc1cccc(C)n1)NCC1(C(=O)N(C)C)CCCC1.I. The summed E-state index contributed by atoms with van der Waals surface area (Å²) in [7, 11) is 5.29. The number of nitrogens with one attached hydrogen (secondary N) is 3. The average Bonchev–Trinajstić information content (AvgIpc) is 3.13. The molecule has 1 aliphatic rings. The molecule has 0 spiro atoms. The summed E-state index contributed by atoms with van der Waals surface area (Å²) in [6.07, 6.45) is 4.21. The molecular formula is C20H33IN6O2. The van der Waals surface area contributed by atoms with E-state index < -0.39 is 0 Å². The van der Waals surface area contributed by atoms with Crippen molar-refractivity contribution in [3.05, 3.63) is 23.9 Å². The standard InChI is InChI=1S/C20H32N6O2.HI/c1-15-8-7-9-16(24-15)25-17(27)10-13-22-19(21-2)23-14-20(11-5-6-12-20)18(28)26(3)4;/h7-9H,5-6,10-14H2,1-4H3,(H2,21,22,23)(H,24,25,27);1H. The van der Waals surface area contributed by atoms with Crippen molar-refractivity contribution in [2.45, 2.75) is 39.0 Å². The minimum Gasteiger partial charge on any atom is -0.356 e. The number of carbonyl (C=O) groups excluding carboxylic acids is 2. The van der Waals surface area contributed by atoms with Gasteiger partial charge in [0.1, 0.15) is 5.82 Å². The van der Waals surface area contributed by atoms with Crippen LogP contribution in [-0.4, -0.2) is 61.9 Å². The number of aromatic nitrogens is 1. The molecule has 1 fully saturated rings. The van der Waals surface area contributed by atoms with E-state index in [1.165, 1.54) is 0 Å². The lowest BCUT2D eigenvalue weighted by Gasteiger charge is -2.31. The van der Waals surface area contributed by atoms with E-state index in [1.54, 1.807) is 32.1 Å².